The van der Waals surface area contributed by atoms with Gasteiger partial charge in [-0.3, -0.25) is 0 Å². The van der Waals surface area contributed by atoms with Crippen LogP contribution in [-0.2, 0) is 6.42 Å². The SMILES string of the molecule is CCCc1cccc(C2CC(C)CCC2CNC(C)C)c1. The van der Waals surface area contributed by atoms with Crippen LogP contribution in [0.3, 0.4) is 0 Å². The molecular formula is C20H33N. The first-order valence-corrected chi connectivity index (χ1v) is 8.92. The minimum absolute atomic E-state index is 0.594. The maximum Gasteiger partial charge on any atom is 0.00104 e. The standard InChI is InChI=1S/C20H33N/c1-5-7-17-8-6-9-18(13-17)20-12-16(4)10-11-19(20)14-21-15(2)3/h6,8-9,13,15-16,19-21H,5,7,10-12,14H2,1-4H3. The van der Waals surface area contributed by atoms with Crippen LogP contribution >= 0.6 is 0 Å². The van der Waals surface area contributed by atoms with E-state index >= 15 is 0 Å². The summed E-state index contributed by atoms with van der Waals surface area (Å²) in [5, 5.41) is 3.67. The molecule has 1 nitrogen and oxygen atoms in total. The molecule has 1 N–H and O–H groups in total. The zero-order valence-corrected chi connectivity index (χ0v) is 14.4. The van der Waals surface area contributed by atoms with Gasteiger partial charge in [-0.2, -0.15) is 0 Å². The molecule has 0 amide bonds. The molecule has 1 fully saturated rings. The lowest BCUT2D eigenvalue weighted by molar-refractivity contribution is 0.238. The van der Waals surface area contributed by atoms with Crippen LogP contribution in [0.25, 0.3) is 0 Å². The molecule has 1 aromatic carbocycles. The molecule has 1 heteroatoms. The van der Waals surface area contributed by atoms with Crippen molar-refractivity contribution in [1.29, 1.82) is 0 Å². The zero-order valence-electron chi connectivity index (χ0n) is 14.4. The van der Waals surface area contributed by atoms with Gasteiger partial charge in [0.1, 0.15) is 0 Å². The summed E-state index contributed by atoms with van der Waals surface area (Å²) in [5.74, 6) is 2.43. The Kier molecular flexibility index (Phi) is 6.29. The monoisotopic (exact) mass is 287 g/mol. The number of rotatable bonds is 6. The van der Waals surface area contributed by atoms with Crippen molar-refractivity contribution in [1.82, 2.24) is 5.32 Å². The third-order valence-corrected chi connectivity index (χ3v) is 4.96. The molecule has 0 radical (unpaired) electrons. The lowest BCUT2D eigenvalue weighted by atomic mass is 9.71. The summed E-state index contributed by atoms with van der Waals surface area (Å²) in [4.78, 5) is 0. The van der Waals surface area contributed by atoms with Gasteiger partial charge in [0.05, 0.1) is 0 Å². The molecule has 1 saturated carbocycles. The Labute approximate surface area is 131 Å². The maximum absolute atomic E-state index is 3.67. The second-order valence-electron chi connectivity index (χ2n) is 7.34. The van der Waals surface area contributed by atoms with Gasteiger partial charge in [-0.15, -0.1) is 0 Å². The average molecular weight is 287 g/mol. The highest BCUT2D eigenvalue weighted by atomic mass is 14.9. The van der Waals surface area contributed by atoms with Crippen LogP contribution in [0.4, 0.5) is 0 Å². The van der Waals surface area contributed by atoms with Crippen LogP contribution < -0.4 is 5.32 Å². The Hall–Kier alpha value is -0.820. The normalized spacial score (nSPS) is 26.2. The molecule has 1 aliphatic carbocycles. The molecule has 1 aromatic rings. The van der Waals surface area contributed by atoms with Crippen molar-refractivity contribution >= 4 is 0 Å². The van der Waals surface area contributed by atoms with Crippen molar-refractivity contribution in [2.45, 2.75) is 71.8 Å². The summed E-state index contributed by atoms with van der Waals surface area (Å²) < 4.78 is 0. The van der Waals surface area contributed by atoms with E-state index in [9.17, 15) is 0 Å². The molecular weight excluding hydrogens is 254 g/mol. The number of benzene rings is 1. The number of nitrogens with one attached hydrogen (secondary N) is 1. The van der Waals surface area contributed by atoms with Crippen LogP contribution in [0.1, 0.15) is 70.4 Å². The fourth-order valence-corrected chi connectivity index (χ4v) is 3.75. The predicted octanol–water partition coefficient (Wildman–Crippen LogP) is 5.16. The first-order chi connectivity index (χ1) is 10.1. The smallest absolute Gasteiger partial charge is 0.00104 e. The lowest BCUT2D eigenvalue weighted by Gasteiger charge is -2.36. The van der Waals surface area contributed by atoms with Crippen molar-refractivity contribution in [3.05, 3.63) is 35.4 Å². The minimum Gasteiger partial charge on any atom is -0.314 e. The van der Waals surface area contributed by atoms with Gasteiger partial charge in [-0.05, 0) is 54.7 Å². The Bertz CT molecular complexity index is 424. The topological polar surface area (TPSA) is 12.0 Å². The van der Waals surface area contributed by atoms with E-state index in [1.165, 1.54) is 44.2 Å². The van der Waals surface area contributed by atoms with Crippen molar-refractivity contribution < 1.29 is 0 Å². The van der Waals surface area contributed by atoms with E-state index in [4.69, 9.17) is 0 Å². The van der Waals surface area contributed by atoms with E-state index < -0.39 is 0 Å². The third-order valence-electron chi connectivity index (χ3n) is 4.96. The third kappa shape index (κ3) is 4.85. The van der Waals surface area contributed by atoms with Crippen molar-refractivity contribution in [3.8, 4) is 0 Å². The maximum atomic E-state index is 3.67. The summed E-state index contributed by atoms with van der Waals surface area (Å²) in [7, 11) is 0. The Morgan fingerprint density at radius 1 is 1.24 bits per heavy atom. The highest BCUT2D eigenvalue weighted by Crippen LogP contribution is 2.40. The Morgan fingerprint density at radius 3 is 2.76 bits per heavy atom. The summed E-state index contributed by atoms with van der Waals surface area (Å²) in [5.41, 5.74) is 3.10. The zero-order chi connectivity index (χ0) is 15.2. The van der Waals surface area contributed by atoms with E-state index in [0.29, 0.717) is 6.04 Å². The predicted molar refractivity (Wildman–Crippen MR) is 92.8 cm³/mol. The molecule has 21 heavy (non-hydrogen) atoms. The van der Waals surface area contributed by atoms with Gasteiger partial charge in [0.15, 0.2) is 0 Å². The van der Waals surface area contributed by atoms with Crippen molar-refractivity contribution in [3.63, 3.8) is 0 Å². The summed E-state index contributed by atoms with van der Waals surface area (Å²) >= 11 is 0. The molecule has 0 aliphatic heterocycles. The molecule has 1 aliphatic rings. The Balaban J connectivity index is 2.13. The van der Waals surface area contributed by atoms with Gasteiger partial charge in [0.2, 0.25) is 0 Å². The highest BCUT2D eigenvalue weighted by Gasteiger charge is 2.29. The van der Waals surface area contributed by atoms with Crippen molar-refractivity contribution in [2.24, 2.45) is 11.8 Å². The largest absolute Gasteiger partial charge is 0.314 e. The van der Waals surface area contributed by atoms with E-state index in [0.717, 1.165) is 17.8 Å². The molecule has 0 saturated heterocycles. The second kappa shape index (κ2) is 7.98. The van der Waals surface area contributed by atoms with Gasteiger partial charge in [0, 0.05) is 6.04 Å². The molecule has 0 heterocycles. The van der Waals surface area contributed by atoms with E-state index in [-0.39, 0.29) is 0 Å². The van der Waals surface area contributed by atoms with E-state index in [1.54, 1.807) is 5.56 Å². The van der Waals surface area contributed by atoms with Gasteiger partial charge in [0.25, 0.3) is 0 Å². The number of hydrogen-bond acceptors (Lipinski definition) is 1. The molecule has 0 bridgehead atoms. The molecule has 0 spiro atoms. The quantitative estimate of drug-likeness (QED) is 0.762. The molecule has 3 unspecified atom stereocenters. The Morgan fingerprint density at radius 2 is 2.05 bits per heavy atom. The van der Waals surface area contributed by atoms with Crippen LogP contribution in [0.2, 0.25) is 0 Å². The second-order valence-corrected chi connectivity index (χ2v) is 7.34. The van der Waals surface area contributed by atoms with Crippen LogP contribution in [-0.4, -0.2) is 12.6 Å². The first kappa shape index (κ1) is 16.5. The minimum atomic E-state index is 0.594. The summed E-state index contributed by atoms with van der Waals surface area (Å²) in [6.45, 7) is 10.4. The fraction of sp³-hybridized carbons (Fsp3) is 0.700. The van der Waals surface area contributed by atoms with Gasteiger partial charge in [-0.25, -0.2) is 0 Å². The van der Waals surface area contributed by atoms with Crippen LogP contribution in [0, 0.1) is 11.8 Å². The highest BCUT2D eigenvalue weighted by molar-refractivity contribution is 5.27. The number of aryl methyl sites for hydroxylation is 1. The molecule has 118 valence electrons. The van der Waals surface area contributed by atoms with Crippen molar-refractivity contribution in [2.75, 3.05) is 6.54 Å². The lowest BCUT2D eigenvalue weighted by Crippen LogP contribution is -2.34. The summed E-state index contributed by atoms with van der Waals surface area (Å²) in [6.07, 6.45) is 6.59. The molecule has 2 rings (SSSR count). The van der Waals surface area contributed by atoms with Gasteiger partial charge in [-0.1, -0.05) is 64.8 Å². The van der Waals surface area contributed by atoms with E-state index in [2.05, 4.69) is 57.3 Å². The first-order valence-electron chi connectivity index (χ1n) is 8.92. The molecule has 0 aromatic heterocycles. The summed E-state index contributed by atoms with van der Waals surface area (Å²) in [6, 6.07) is 10.0. The number of hydrogen-bond donors (Lipinski definition) is 1. The van der Waals surface area contributed by atoms with Gasteiger partial charge < -0.3 is 5.32 Å². The average Bonchev–Trinajstić information content (AvgIpc) is 2.46. The van der Waals surface area contributed by atoms with Crippen LogP contribution in [0.15, 0.2) is 24.3 Å². The fourth-order valence-electron chi connectivity index (χ4n) is 3.75. The molecule has 3 atom stereocenters. The van der Waals surface area contributed by atoms with E-state index in [1.807, 2.05) is 0 Å². The van der Waals surface area contributed by atoms with Crippen LogP contribution in [0.5, 0.6) is 0 Å². The van der Waals surface area contributed by atoms with Gasteiger partial charge >= 0.3 is 0 Å².